The number of rotatable bonds is 5. The Labute approximate surface area is 160 Å². The Morgan fingerprint density at radius 3 is 2.52 bits per heavy atom. The van der Waals surface area contributed by atoms with E-state index in [1.165, 1.54) is 25.4 Å². The van der Waals surface area contributed by atoms with Crippen LogP contribution in [0.15, 0.2) is 48.7 Å². The number of nitrogens with zero attached hydrogens (tertiary/aromatic N) is 2. The second-order valence-corrected chi connectivity index (χ2v) is 6.09. The number of aromatic carboxylic acids is 1. The molecule has 138 valence electrons. The summed E-state index contributed by atoms with van der Waals surface area (Å²) in [5.41, 5.74) is 2.02. The molecule has 1 aromatic heterocycles. The molecular formula is C19H16ClN3O4. The SMILES string of the molecule is COc1cc(NC(=O)c2cnn(-c3ccccc3)c2C)c(Cl)cc1C(=O)O. The fourth-order valence-corrected chi connectivity index (χ4v) is 2.85. The van der Waals surface area contributed by atoms with Crippen molar-refractivity contribution in [3.63, 3.8) is 0 Å². The summed E-state index contributed by atoms with van der Waals surface area (Å²) in [6.45, 7) is 1.78. The molecule has 0 aliphatic heterocycles. The number of para-hydroxylation sites is 1. The van der Waals surface area contributed by atoms with Crippen LogP contribution < -0.4 is 10.1 Å². The Hall–Kier alpha value is -3.32. The highest BCUT2D eigenvalue weighted by Crippen LogP contribution is 2.31. The fraction of sp³-hybridized carbons (Fsp3) is 0.105. The molecule has 0 saturated carbocycles. The molecule has 27 heavy (non-hydrogen) atoms. The van der Waals surface area contributed by atoms with Crippen molar-refractivity contribution in [2.75, 3.05) is 12.4 Å². The maximum atomic E-state index is 12.7. The first kappa shape index (κ1) is 18.5. The van der Waals surface area contributed by atoms with Crippen molar-refractivity contribution < 1.29 is 19.4 Å². The highest BCUT2D eigenvalue weighted by molar-refractivity contribution is 6.34. The monoisotopic (exact) mass is 385 g/mol. The average Bonchev–Trinajstić information content (AvgIpc) is 3.05. The summed E-state index contributed by atoms with van der Waals surface area (Å²) >= 11 is 6.12. The van der Waals surface area contributed by atoms with E-state index in [-0.39, 0.29) is 22.0 Å². The molecule has 0 aliphatic carbocycles. The van der Waals surface area contributed by atoms with Crippen LogP contribution in [-0.4, -0.2) is 33.9 Å². The van der Waals surface area contributed by atoms with Gasteiger partial charge in [0.1, 0.15) is 11.3 Å². The Morgan fingerprint density at radius 1 is 1.19 bits per heavy atom. The van der Waals surface area contributed by atoms with Crippen molar-refractivity contribution in [2.45, 2.75) is 6.92 Å². The molecule has 1 heterocycles. The van der Waals surface area contributed by atoms with Gasteiger partial charge < -0.3 is 15.2 Å². The number of nitrogens with one attached hydrogen (secondary N) is 1. The Morgan fingerprint density at radius 2 is 1.89 bits per heavy atom. The smallest absolute Gasteiger partial charge is 0.339 e. The number of hydrogen-bond donors (Lipinski definition) is 2. The predicted octanol–water partition coefficient (Wildman–Crippen LogP) is 3.79. The van der Waals surface area contributed by atoms with E-state index in [9.17, 15) is 14.7 Å². The third kappa shape index (κ3) is 3.63. The van der Waals surface area contributed by atoms with Crippen molar-refractivity contribution in [3.8, 4) is 11.4 Å². The zero-order chi connectivity index (χ0) is 19.6. The van der Waals surface area contributed by atoms with Crippen LogP contribution >= 0.6 is 11.6 Å². The van der Waals surface area contributed by atoms with Gasteiger partial charge in [-0.15, -0.1) is 0 Å². The number of carboxylic acid groups (broad SMARTS) is 1. The van der Waals surface area contributed by atoms with Gasteiger partial charge in [-0.3, -0.25) is 4.79 Å². The molecule has 8 heteroatoms. The Balaban J connectivity index is 1.91. The van der Waals surface area contributed by atoms with Crippen LogP contribution in [0.25, 0.3) is 5.69 Å². The molecule has 2 N–H and O–H groups in total. The summed E-state index contributed by atoms with van der Waals surface area (Å²) < 4.78 is 6.73. The molecule has 2 aromatic carbocycles. The number of amides is 1. The van der Waals surface area contributed by atoms with Gasteiger partial charge in [-0.1, -0.05) is 29.8 Å². The topological polar surface area (TPSA) is 93.5 Å². The normalized spacial score (nSPS) is 10.5. The molecule has 1 amide bonds. The third-order valence-electron chi connectivity index (χ3n) is 4.02. The quantitative estimate of drug-likeness (QED) is 0.696. The largest absolute Gasteiger partial charge is 0.496 e. The van der Waals surface area contributed by atoms with Crippen LogP contribution in [0.2, 0.25) is 5.02 Å². The lowest BCUT2D eigenvalue weighted by Crippen LogP contribution is -2.14. The number of carboxylic acids is 1. The maximum absolute atomic E-state index is 12.7. The summed E-state index contributed by atoms with van der Waals surface area (Å²) in [5, 5.41) is 16.2. The van der Waals surface area contributed by atoms with E-state index in [2.05, 4.69) is 10.4 Å². The molecule has 3 rings (SSSR count). The molecule has 7 nitrogen and oxygen atoms in total. The van der Waals surface area contributed by atoms with E-state index >= 15 is 0 Å². The average molecular weight is 386 g/mol. The molecule has 0 fully saturated rings. The lowest BCUT2D eigenvalue weighted by molar-refractivity contribution is 0.0693. The minimum Gasteiger partial charge on any atom is -0.496 e. The maximum Gasteiger partial charge on any atom is 0.339 e. The molecule has 0 spiro atoms. The molecule has 0 atom stereocenters. The summed E-state index contributed by atoms with van der Waals surface area (Å²) in [4.78, 5) is 23.9. The summed E-state index contributed by atoms with van der Waals surface area (Å²) in [5.74, 6) is -1.49. The van der Waals surface area contributed by atoms with Crippen LogP contribution in [0.1, 0.15) is 26.4 Å². The van der Waals surface area contributed by atoms with Gasteiger partial charge in [0.15, 0.2) is 0 Å². The molecular weight excluding hydrogens is 370 g/mol. The first-order chi connectivity index (χ1) is 12.9. The van der Waals surface area contributed by atoms with Crippen LogP contribution in [-0.2, 0) is 0 Å². The van der Waals surface area contributed by atoms with E-state index in [4.69, 9.17) is 16.3 Å². The lowest BCUT2D eigenvalue weighted by atomic mass is 10.1. The minimum absolute atomic E-state index is 0.0893. The van der Waals surface area contributed by atoms with E-state index in [1.807, 2.05) is 30.3 Å². The fourth-order valence-electron chi connectivity index (χ4n) is 2.64. The Bertz CT molecular complexity index is 1020. The van der Waals surface area contributed by atoms with Crippen LogP contribution in [0, 0.1) is 6.92 Å². The van der Waals surface area contributed by atoms with Gasteiger partial charge in [0, 0.05) is 6.07 Å². The van der Waals surface area contributed by atoms with Crippen LogP contribution in [0.3, 0.4) is 0 Å². The third-order valence-corrected chi connectivity index (χ3v) is 4.34. The van der Waals surface area contributed by atoms with Crippen molar-refractivity contribution in [1.82, 2.24) is 9.78 Å². The number of hydrogen-bond acceptors (Lipinski definition) is 4. The summed E-state index contributed by atoms with van der Waals surface area (Å²) in [6.07, 6.45) is 1.47. The number of benzene rings is 2. The molecule has 3 aromatic rings. The Kier molecular flexibility index (Phi) is 5.14. The molecule has 0 aliphatic rings. The van der Waals surface area contributed by atoms with Gasteiger partial charge in [0.25, 0.3) is 5.91 Å². The van der Waals surface area contributed by atoms with Gasteiger partial charge in [0.2, 0.25) is 0 Å². The number of anilines is 1. The zero-order valence-electron chi connectivity index (χ0n) is 14.6. The first-order valence-corrected chi connectivity index (χ1v) is 8.32. The van der Waals surface area contributed by atoms with E-state index in [1.54, 1.807) is 11.6 Å². The second kappa shape index (κ2) is 7.51. The van der Waals surface area contributed by atoms with Gasteiger partial charge >= 0.3 is 5.97 Å². The summed E-state index contributed by atoms with van der Waals surface area (Å²) in [6, 6.07) is 12.0. The number of ether oxygens (including phenoxy) is 1. The van der Waals surface area contributed by atoms with Crippen LogP contribution in [0.5, 0.6) is 5.75 Å². The van der Waals surface area contributed by atoms with Crippen molar-refractivity contribution in [3.05, 3.63) is 70.5 Å². The number of methoxy groups -OCH3 is 1. The number of aromatic nitrogens is 2. The van der Waals surface area contributed by atoms with Crippen molar-refractivity contribution in [2.24, 2.45) is 0 Å². The van der Waals surface area contributed by atoms with Crippen molar-refractivity contribution >= 4 is 29.2 Å². The second-order valence-electron chi connectivity index (χ2n) is 5.68. The van der Waals surface area contributed by atoms with Crippen molar-refractivity contribution in [1.29, 1.82) is 0 Å². The lowest BCUT2D eigenvalue weighted by Gasteiger charge is -2.11. The van der Waals surface area contributed by atoms with Crippen LogP contribution in [0.4, 0.5) is 5.69 Å². The van der Waals surface area contributed by atoms with E-state index in [0.29, 0.717) is 11.3 Å². The van der Waals surface area contributed by atoms with E-state index in [0.717, 1.165) is 5.69 Å². The molecule has 0 unspecified atom stereocenters. The van der Waals surface area contributed by atoms with Gasteiger partial charge in [-0.25, -0.2) is 9.48 Å². The number of halogens is 1. The first-order valence-electron chi connectivity index (χ1n) is 7.94. The summed E-state index contributed by atoms with van der Waals surface area (Å²) in [7, 11) is 1.34. The molecule has 0 radical (unpaired) electrons. The molecule has 0 bridgehead atoms. The highest BCUT2D eigenvalue weighted by atomic mass is 35.5. The standard InChI is InChI=1S/C19H16ClN3O4/c1-11-14(10-21-23(11)12-6-4-3-5-7-12)18(24)22-16-9-17(27-2)13(19(25)26)8-15(16)20/h3-10H,1-2H3,(H,22,24)(H,25,26). The van der Waals surface area contributed by atoms with Gasteiger partial charge in [0.05, 0.1) is 41.0 Å². The number of carbonyl (C=O) groups is 2. The predicted molar refractivity (Wildman–Crippen MR) is 101 cm³/mol. The zero-order valence-corrected chi connectivity index (χ0v) is 15.3. The van der Waals surface area contributed by atoms with Gasteiger partial charge in [-0.2, -0.15) is 5.10 Å². The number of carbonyl (C=O) groups excluding carboxylic acids is 1. The molecule has 0 saturated heterocycles. The minimum atomic E-state index is -1.17. The highest BCUT2D eigenvalue weighted by Gasteiger charge is 2.19. The van der Waals surface area contributed by atoms with E-state index < -0.39 is 11.9 Å². The van der Waals surface area contributed by atoms with Gasteiger partial charge in [-0.05, 0) is 25.1 Å².